The molecule has 2 rings (SSSR count). The summed E-state index contributed by atoms with van der Waals surface area (Å²) in [6.45, 7) is 3.59. The fourth-order valence-electron chi connectivity index (χ4n) is 2.55. The molecule has 1 aliphatic rings. The summed E-state index contributed by atoms with van der Waals surface area (Å²) in [4.78, 5) is 26.9. The Morgan fingerprint density at radius 2 is 2.00 bits per heavy atom. The molecule has 1 N–H and O–H groups in total. The zero-order valence-electron chi connectivity index (χ0n) is 13.0. The van der Waals surface area contributed by atoms with Crippen molar-refractivity contribution in [1.29, 1.82) is 0 Å². The average Bonchev–Trinajstić information content (AvgIpc) is 2.69. The summed E-state index contributed by atoms with van der Waals surface area (Å²) >= 11 is 0. The van der Waals surface area contributed by atoms with Gasteiger partial charge in [0.05, 0.1) is 13.7 Å². The third-order valence-electron chi connectivity index (χ3n) is 4.00. The van der Waals surface area contributed by atoms with Crippen LogP contribution in [0.15, 0.2) is 24.3 Å². The van der Waals surface area contributed by atoms with E-state index in [1.165, 1.54) is 0 Å². The van der Waals surface area contributed by atoms with E-state index in [0.29, 0.717) is 19.6 Å². The number of carboxylic acid groups (broad SMARTS) is 1. The third kappa shape index (κ3) is 3.98. The Kier molecular flexibility index (Phi) is 5.38. The second kappa shape index (κ2) is 7.26. The minimum atomic E-state index is -0.892. The SMILES string of the molecule is COc1ccc(CN2CCCN(C(C)C(=O)O)CC2=O)cc1. The summed E-state index contributed by atoms with van der Waals surface area (Å²) in [5, 5.41) is 9.08. The van der Waals surface area contributed by atoms with Crippen molar-refractivity contribution in [3.63, 3.8) is 0 Å². The molecule has 1 fully saturated rings. The highest BCUT2D eigenvalue weighted by Crippen LogP contribution is 2.15. The van der Waals surface area contributed by atoms with Crippen LogP contribution in [0, 0.1) is 0 Å². The van der Waals surface area contributed by atoms with E-state index in [-0.39, 0.29) is 12.5 Å². The lowest BCUT2D eigenvalue weighted by molar-refractivity contribution is -0.143. The first-order chi connectivity index (χ1) is 10.5. The number of benzene rings is 1. The van der Waals surface area contributed by atoms with Crippen LogP contribution in [0.25, 0.3) is 0 Å². The van der Waals surface area contributed by atoms with E-state index in [1.54, 1.807) is 23.8 Å². The van der Waals surface area contributed by atoms with Gasteiger partial charge in [-0.1, -0.05) is 12.1 Å². The Morgan fingerprint density at radius 3 is 2.59 bits per heavy atom. The molecule has 0 radical (unpaired) electrons. The Balaban J connectivity index is 2.00. The predicted octanol–water partition coefficient (Wildman–Crippen LogP) is 1.20. The number of methoxy groups -OCH3 is 1. The van der Waals surface area contributed by atoms with Gasteiger partial charge in [-0.2, -0.15) is 0 Å². The van der Waals surface area contributed by atoms with Crippen LogP contribution in [-0.2, 0) is 16.1 Å². The summed E-state index contributed by atoms with van der Waals surface area (Å²) in [5.41, 5.74) is 1.04. The maximum atomic E-state index is 12.3. The van der Waals surface area contributed by atoms with Crippen LogP contribution in [0.1, 0.15) is 18.9 Å². The summed E-state index contributed by atoms with van der Waals surface area (Å²) in [6.07, 6.45) is 0.777. The molecule has 1 unspecified atom stereocenters. The predicted molar refractivity (Wildman–Crippen MR) is 81.7 cm³/mol. The first-order valence-corrected chi connectivity index (χ1v) is 7.39. The molecule has 0 bridgehead atoms. The molecule has 1 aromatic rings. The summed E-state index contributed by atoms with van der Waals surface area (Å²) < 4.78 is 5.12. The fraction of sp³-hybridized carbons (Fsp3) is 0.500. The van der Waals surface area contributed by atoms with E-state index in [4.69, 9.17) is 9.84 Å². The van der Waals surface area contributed by atoms with Crippen molar-refractivity contribution in [3.8, 4) is 5.75 Å². The van der Waals surface area contributed by atoms with Gasteiger partial charge in [0, 0.05) is 19.6 Å². The van der Waals surface area contributed by atoms with Crippen molar-refractivity contribution < 1.29 is 19.4 Å². The van der Waals surface area contributed by atoms with Crippen LogP contribution in [-0.4, -0.2) is 59.6 Å². The van der Waals surface area contributed by atoms with Crippen molar-refractivity contribution in [2.45, 2.75) is 25.9 Å². The van der Waals surface area contributed by atoms with Gasteiger partial charge in [0.1, 0.15) is 11.8 Å². The molecule has 1 aromatic carbocycles. The number of hydrogen-bond donors (Lipinski definition) is 1. The molecule has 22 heavy (non-hydrogen) atoms. The molecule has 0 saturated carbocycles. The Hall–Kier alpha value is -2.08. The summed E-state index contributed by atoms with van der Waals surface area (Å²) in [5.74, 6) is -0.134. The lowest BCUT2D eigenvalue weighted by atomic mass is 10.2. The van der Waals surface area contributed by atoms with Crippen LogP contribution >= 0.6 is 0 Å². The molecule has 6 heteroatoms. The molecular weight excluding hydrogens is 284 g/mol. The van der Waals surface area contributed by atoms with E-state index in [1.807, 2.05) is 24.3 Å². The van der Waals surface area contributed by atoms with Crippen LogP contribution in [0.5, 0.6) is 5.75 Å². The number of carbonyl (C=O) groups excluding carboxylic acids is 1. The van der Waals surface area contributed by atoms with Gasteiger partial charge in [0.15, 0.2) is 0 Å². The van der Waals surface area contributed by atoms with Crippen molar-refractivity contribution in [1.82, 2.24) is 9.80 Å². The van der Waals surface area contributed by atoms with Gasteiger partial charge < -0.3 is 14.7 Å². The van der Waals surface area contributed by atoms with Crippen molar-refractivity contribution in [2.24, 2.45) is 0 Å². The van der Waals surface area contributed by atoms with E-state index < -0.39 is 12.0 Å². The van der Waals surface area contributed by atoms with E-state index in [0.717, 1.165) is 17.7 Å². The number of rotatable bonds is 5. The molecule has 1 aliphatic heterocycles. The number of amides is 1. The zero-order valence-corrected chi connectivity index (χ0v) is 13.0. The van der Waals surface area contributed by atoms with E-state index in [9.17, 15) is 9.59 Å². The highest BCUT2D eigenvalue weighted by Gasteiger charge is 2.27. The van der Waals surface area contributed by atoms with Crippen LogP contribution < -0.4 is 4.74 Å². The topological polar surface area (TPSA) is 70.1 Å². The third-order valence-corrected chi connectivity index (χ3v) is 4.00. The molecule has 120 valence electrons. The van der Waals surface area contributed by atoms with Crippen LogP contribution in [0.4, 0.5) is 0 Å². The number of carboxylic acids is 1. The molecule has 1 atom stereocenters. The normalized spacial score (nSPS) is 17.9. The van der Waals surface area contributed by atoms with Crippen LogP contribution in [0.2, 0.25) is 0 Å². The largest absolute Gasteiger partial charge is 0.497 e. The first kappa shape index (κ1) is 16.3. The summed E-state index contributed by atoms with van der Waals surface area (Å²) in [7, 11) is 1.62. The lowest BCUT2D eigenvalue weighted by Gasteiger charge is -2.24. The highest BCUT2D eigenvalue weighted by atomic mass is 16.5. The molecule has 1 heterocycles. The maximum Gasteiger partial charge on any atom is 0.320 e. The van der Waals surface area contributed by atoms with E-state index in [2.05, 4.69) is 0 Å². The van der Waals surface area contributed by atoms with Crippen molar-refractivity contribution in [3.05, 3.63) is 29.8 Å². The second-order valence-electron chi connectivity index (χ2n) is 5.50. The van der Waals surface area contributed by atoms with E-state index >= 15 is 0 Å². The van der Waals surface area contributed by atoms with Gasteiger partial charge in [0.25, 0.3) is 0 Å². The van der Waals surface area contributed by atoms with Crippen molar-refractivity contribution >= 4 is 11.9 Å². The number of hydrogen-bond acceptors (Lipinski definition) is 4. The number of nitrogens with zero attached hydrogens (tertiary/aromatic N) is 2. The number of aliphatic carboxylic acids is 1. The smallest absolute Gasteiger partial charge is 0.320 e. The minimum absolute atomic E-state index is 0.0265. The molecule has 0 spiro atoms. The Labute approximate surface area is 130 Å². The Bertz CT molecular complexity index is 529. The monoisotopic (exact) mass is 306 g/mol. The molecule has 1 saturated heterocycles. The molecular formula is C16H22N2O4. The molecule has 0 aliphatic carbocycles. The number of carbonyl (C=O) groups is 2. The standard InChI is InChI=1S/C16H22N2O4/c1-12(16(20)21)17-8-3-9-18(15(19)11-17)10-13-4-6-14(22-2)7-5-13/h4-7,12H,3,8-11H2,1-2H3,(H,20,21). The Morgan fingerprint density at radius 1 is 1.32 bits per heavy atom. The van der Waals surface area contributed by atoms with Crippen LogP contribution in [0.3, 0.4) is 0 Å². The van der Waals surface area contributed by atoms with Gasteiger partial charge in [-0.25, -0.2) is 0 Å². The van der Waals surface area contributed by atoms with Crippen molar-refractivity contribution in [2.75, 3.05) is 26.7 Å². The maximum absolute atomic E-state index is 12.3. The second-order valence-corrected chi connectivity index (χ2v) is 5.50. The quantitative estimate of drug-likeness (QED) is 0.885. The zero-order chi connectivity index (χ0) is 16.1. The van der Waals surface area contributed by atoms with Gasteiger partial charge in [0.2, 0.25) is 5.91 Å². The highest BCUT2D eigenvalue weighted by molar-refractivity contribution is 5.80. The average molecular weight is 306 g/mol. The summed E-state index contributed by atoms with van der Waals surface area (Å²) in [6, 6.07) is 6.99. The van der Waals surface area contributed by atoms with Gasteiger partial charge in [-0.05, 0) is 31.0 Å². The van der Waals surface area contributed by atoms with Gasteiger partial charge >= 0.3 is 5.97 Å². The molecule has 1 amide bonds. The number of ether oxygens (including phenoxy) is 1. The lowest BCUT2D eigenvalue weighted by Crippen LogP contribution is -2.43. The van der Waals surface area contributed by atoms with Gasteiger partial charge in [-0.3, -0.25) is 14.5 Å². The molecule has 0 aromatic heterocycles. The van der Waals surface area contributed by atoms with Gasteiger partial charge in [-0.15, -0.1) is 0 Å². The fourth-order valence-corrected chi connectivity index (χ4v) is 2.55. The first-order valence-electron chi connectivity index (χ1n) is 7.39. The molecule has 6 nitrogen and oxygen atoms in total. The minimum Gasteiger partial charge on any atom is -0.497 e.